The largest absolute Gasteiger partial charge is 0.299 e. The van der Waals surface area contributed by atoms with Crippen LogP contribution in [0.5, 0.6) is 0 Å². The Morgan fingerprint density at radius 2 is 1.56 bits per heavy atom. The lowest BCUT2D eigenvalue weighted by Gasteiger charge is -2.10. The van der Waals surface area contributed by atoms with Crippen LogP contribution in [-0.4, -0.2) is 5.78 Å². The Kier molecular flexibility index (Phi) is 5.51. The predicted molar refractivity (Wildman–Crippen MR) is 69.4 cm³/mol. The van der Waals surface area contributed by atoms with Crippen molar-refractivity contribution in [1.29, 1.82) is 0 Å². The van der Waals surface area contributed by atoms with Crippen LogP contribution in [0.4, 0.5) is 0 Å². The van der Waals surface area contributed by atoms with E-state index in [1.54, 1.807) is 0 Å². The minimum absolute atomic E-state index is 0.234. The van der Waals surface area contributed by atoms with Crippen LogP contribution in [0.25, 0.3) is 0 Å². The summed E-state index contributed by atoms with van der Waals surface area (Å²) in [6.07, 6.45) is 10.6. The molecule has 1 aliphatic carbocycles. The van der Waals surface area contributed by atoms with E-state index in [-0.39, 0.29) is 5.92 Å². The lowest BCUT2D eigenvalue weighted by atomic mass is 9.94. The standard InChI is InChI=1S/C15H24O/c1-12-6-4-8-14(3)15(16)9-5-7-13(2)11-10-12/h6-7,14H,4-5,8-11H2,1-3H3/b12-6-,13-7-. The topological polar surface area (TPSA) is 17.1 Å². The summed E-state index contributed by atoms with van der Waals surface area (Å²) in [7, 11) is 0. The molecule has 0 aliphatic heterocycles. The van der Waals surface area contributed by atoms with E-state index >= 15 is 0 Å². The molecule has 0 radical (unpaired) electrons. The molecule has 0 spiro atoms. The van der Waals surface area contributed by atoms with Gasteiger partial charge in [0.15, 0.2) is 0 Å². The summed E-state index contributed by atoms with van der Waals surface area (Å²) < 4.78 is 0. The first-order chi connectivity index (χ1) is 7.59. The number of hydrogen-bond donors (Lipinski definition) is 0. The summed E-state index contributed by atoms with van der Waals surface area (Å²) in [5.74, 6) is 0.660. The molecular weight excluding hydrogens is 196 g/mol. The van der Waals surface area contributed by atoms with Crippen LogP contribution in [0.3, 0.4) is 0 Å². The molecule has 1 rings (SSSR count). The van der Waals surface area contributed by atoms with Crippen molar-refractivity contribution in [2.75, 3.05) is 0 Å². The summed E-state index contributed by atoms with van der Waals surface area (Å²) in [5, 5.41) is 0. The maximum atomic E-state index is 11.8. The molecule has 0 aromatic heterocycles. The van der Waals surface area contributed by atoms with Gasteiger partial charge in [0.25, 0.3) is 0 Å². The van der Waals surface area contributed by atoms with Gasteiger partial charge >= 0.3 is 0 Å². The van der Waals surface area contributed by atoms with Crippen LogP contribution in [0, 0.1) is 5.92 Å². The van der Waals surface area contributed by atoms with E-state index in [9.17, 15) is 4.79 Å². The van der Waals surface area contributed by atoms with E-state index in [1.165, 1.54) is 17.6 Å². The molecule has 90 valence electrons. The van der Waals surface area contributed by atoms with Gasteiger partial charge in [0.1, 0.15) is 5.78 Å². The SMILES string of the molecule is C/C1=C/CCC(=O)C(C)CC/C=C(/C)CC1. The second kappa shape index (κ2) is 6.67. The van der Waals surface area contributed by atoms with Gasteiger partial charge in [-0.2, -0.15) is 0 Å². The fourth-order valence-corrected chi connectivity index (χ4v) is 2.05. The van der Waals surface area contributed by atoms with Gasteiger partial charge in [-0.05, 0) is 46.0 Å². The van der Waals surface area contributed by atoms with Crippen molar-refractivity contribution < 1.29 is 4.79 Å². The Bertz CT molecular complexity index is 297. The maximum absolute atomic E-state index is 11.8. The van der Waals surface area contributed by atoms with Gasteiger partial charge in [-0.1, -0.05) is 30.2 Å². The summed E-state index contributed by atoms with van der Waals surface area (Å²) in [5.41, 5.74) is 2.89. The van der Waals surface area contributed by atoms with E-state index in [1.807, 2.05) is 0 Å². The summed E-state index contributed by atoms with van der Waals surface area (Å²) >= 11 is 0. The Morgan fingerprint density at radius 3 is 2.19 bits per heavy atom. The molecule has 1 heteroatoms. The monoisotopic (exact) mass is 220 g/mol. The Morgan fingerprint density at radius 1 is 1.00 bits per heavy atom. The van der Waals surface area contributed by atoms with Gasteiger partial charge in [-0.15, -0.1) is 0 Å². The average Bonchev–Trinajstić information content (AvgIpc) is 2.24. The van der Waals surface area contributed by atoms with Gasteiger partial charge in [0, 0.05) is 12.3 Å². The van der Waals surface area contributed by atoms with E-state index < -0.39 is 0 Å². The first-order valence-electron chi connectivity index (χ1n) is 6.43. The van der Waals surface area contributed by atoms with Crippen LogP contribution in [0.1, 0.15) is 59.3 Å². The number of ketones is 1. The minimum Gasteiger partial charge on any atom is -0.299 e. The molecule has 0 heterocycles. The van der Waals surface area contributed by atoms with Crippen molar-refractivity contribution in [2.24, 2.45) is 5.92 Å². The molecule has 1 atom stereocenters. The van der Waals surface area contributed by atoms with Crippen LogP contribution in [0.15, 0.2) is 23.3 Å². The molecule has 16 heavy (non-hydrogen) atoms. The lowest BCUT2D eigenvalue weighted by Crippen LogP contribution is -2.10. The second-order valence-electron chi connectivity index (χ2n) is 5.08. The molecule has 1 aliphatic rings. The highest BCUT2D eigenvalue weighted by Gasteiger charge is 2.11. The minimum atomic E-state index is 0.234. The van der Waals surface area contributed by atoms with E-state index in [4.69, 9.17) is 0 Å². The first-order valence-corrected chi connectivity index (χ1v) is 6.43. The number of Topliss-reactive ketones (excluding diaryl/α,β-unsaturated/α-hetero) is 1. The third kappa shape index (κ3) is 4.78. The normalized spacial score (nSPS) is 31.7. The van der Waals surface area contributed by atoms with Crippen LogP contribution < -0.4 is 0 Å². The molecule has 0 saturated heterocycles. The van der Waals surface area contributed by atoms with E-state index in [0.29, 0.717) is 5.78 Å². The molecule has 1 nitrogen and oxygen atoms in total. The second-order valence-corrected chi connectivity index (χ2v) is 5.08. The average molecular weight is 220 g/mol. The van der Waals surface area contributed by atoms with Gasteiger partial charge in [0.05, 0.1) is 0 Å². The summed E-state index contributed by atoms with van der Waals surface area (Å²) in [6, 6.07) is 0. The van der Waals surface area contributed by atoms with Gasteiger partial charge < -0.3 is 0 Å². The number of carbonyl (C=O) groups excluding carboxylic acids is 1. The molecule has 0 aromatic rings. The first kappa shape index (κ1) is 13.2. The Labute approximate surface area is 99.6 Å². The number of carbonyl (C=O) groups is 1. The third-order valence-corrected chi connectivity index (χ3v) is 3.44. The number of allylic oxidation sites excluding steroid dienone is 4. The van der Waals surface area contributed by atoms with Crippen molar-refractivity contribution in [3.05, 3.63) is 23.3 Å². The fraction of sp³-hybridized carbons (Fsp3) is 0.667. The molecule has 1 unspecified atom stereocenters. The fourth-order valence-electron chi connectivity index (χ4n) is 2.05. The molecule has 0 bridgehead atoms. The molecule has 0 amide bonds. The van der Waals surface area contributed by atoms with Gasteiger partial charge in [-0.3, -0.25) is 4.79 Å². The zero-order valence-electron chi connectivity index (χ0n) is 10.9. The predicted octanol–water partition coefficient (Wildman–Crippen LogP) is 4.44. The Hall–Kier alpha value is -0.850. The highest BCUT2D eigenvalue weighted by atomic mass is 16.1. The summed E-state index contributed by atoms with van der Waals surface area (Å²) in [6.45, 7) is 6.44. The van der Waals surface area contributed by atoms with Crippen LogP contribution in [0.2, 0.25) is 0 Å². The maximum Gasteiger partial charge on any atom is 0.136 e. The van der Waals surface area contributed by atoms with Crippen molar-refractivity contribution in [3.8, 4) is 0 Å². The van der Waals surface area contributed by atoms with Crippen LogP contribution >= 0.6 is 0 Å². The summed E-state index contributed by atoms with van der Waals surface area (Å²) in [4.78, 5) is 11.8. The van der Waals surface area contributed by atoms with E-state index in [2.05, 4.69) is 32.9 Å². The molecular formula is C15H24O. The molecule has 0 N–H and O–H groups in total. The highest BCUT2D eigenvalue weighted by molar-refractivity contribution is 5.80. The van der Waals surface area contributed by atoms with Gasteiger partial charge in [0.2, 0.25) is 0 Å². The van der Waals surface area contributed by atoms with Crippen molar-refractivity contribution in [3.63, 3.8) is 0 Å². The Balaban J connectivity index is 2.64. The quantitative estimate of drug-likeness (QED) is 0.552. The van der Waals surface area contributed by atoms with Gasteiger partial charge in [-0.25, -0.2) is 0 Å². The van der Waals surface area contributed by atoms with E-state index in [0.717, 1.165) is 32.1 Å². The number of hydrogen-bond acceptors (Lipinski definition) is 1. The molecule has 0 fully saturated rings. The van der Waals surface area contributed by atoms with Crippen molar-refractivity contribution >= 4 is 5.78 Å². The zero-order valence-corrected chi connectivity index (χ0v) is 10.9. The van der Waals surface area contributed by atoms with Crippen molar-refractivity contribution in [1.82, 2.24) is 0 Å². The number of rotatable bonds is 0. The molecule has 0 saturated carbocycles. The third-order valence-electron chi connectivity index (χ3n) is 3.44. The smallest absolute Gasteiger partial charge is 0.136 e. The highest BCUT2D eigenvalue weighted by Crippen LogP contribution is 2.18. The zero-order chi connectivity index (χ0) is 12.0. The lowest BCUT2D eigenvalue weighted by molar-refractivity contribution is -0.122. The van der Waals surface area contributed by atoms with Crippen molar-refractivity contribution in [2.45, 2.75) is 59.3 Å². The van der Waals surface area contributed by atoms with Crippen LogP contribution in [-0.2, 0) is 4.79 Å². The molecule has 0 aromatic carbocycles.